The number of hydrogen-bond donors (Lipinski definition) is 1. The molecule has 2 aromatic rings. The second-order valence-corrected chi connectivity index (χ2v) is 7.53. The smallest absolute Gasteiger partial charge is 0.322 e. The normalized spacial score (nSPS) is 13.7. The van der Waals surface area contributed by atoms with Crippen molar-refractivity contribution in [3.05, 3.63) is 70.3 Å². The largest absolute Gasteiger partial charge is 0.345 e. The van der Waals surface area contributed by atoms with Crippen LogP contribution in [0.25, 0.3) is 5.57 Å². The molecule has 3 rings (SSSR count). The Morgan fingerprint density at radius 1 is 1.14 bits per heavy atom. The van der Waals surface area contributed by atoms with Crippen molar-refractivity contribution < 1.29 is 9.59 Å². The SMILES string of the molecule is Cc1ccc(NC(=O)N2CC=C(c3cccc(Cl)c3)CC2)cc1C(=O)N(C)C. The highest BCUT2D eigenvalue weighted by atomic mass is 35.5. The molecule has 0 fully saturated rings. The lowest BCUT2D eigenvalue weighted by Gasteiger charge is -2.27. The number of rotatable bonds is 3. The van der Waals surface area contributed by atoms with Crippen LogP contribution in [0, 0.1) is 6.92 Å². The summed E-state index contributed by atoms with van der Waals surface area (Å²) >= 11 is 6.07. The van der Waals surface area contributed by atoms with Crippen LogP contribution >= 0.6 is 11.6 Å². The average molecular weight is 398 g/mol. The van der Waals surface area contributed by atoms with Crippen LogP contribution in [0.2, 0.25) is 5.02 Å². The molecule has 1 aliphatic heterocycles. The topological polar surface area (TPSA) is 52.7 Å². The molecule has 0 radical (unpaired) electrons. The van der Waals surface area contributed by atoms with Crippen molar-refractivity contribution in [2.45, 2.75) is 13.3 Å². The zero-order valence-electron chi connectivity index (χ0n) is 16.3. The molecule has 0 saturated carbocycles. The van der Waals surface area contributed by atoms with Crippen molar-refractivity contribution in [1.29, 1.82) is 0 Å². The van der Waals surface area contributed by atoms with Crippen molar-refractivity contribution in [3.8, 4) is 0 Å². The van der Waals surface area contributed by atoms with Crippen molar-refractivity contribution >= 4 is 34.8 Å². The number of amides is 3. The first-order valence-electron chi connectivity index (χ1n) is 9.18. The molecule has 0 atom stereocenters. The second kappa shape index (κ2) is 8.48. The highest BCUT2D eigenvalue weighted by molar-refractivity contribution is 6.30. The number of nitrogens with one attached hydrogen (secondary N) is 1. The molecule has 1 aliphatic rings. The molecular weight excluding hydrogens is 374 g/mol. The van der Waals surface area contributed by atoms with E-state index in [2.05, 4.69) is 11.4 Å². The van der Waals surface area contributed by atoms with E-state index in [-0.39, 0.29) is 11.9 Å². The third kappa shape index (κ3) is 4.54. The number of urea groups is 1. The highest BCUT2D eigenvalue weighted by Crippen LogP contribution is 2.25. The van der Waals surface area contributed by atoms with Gasteiger partial charge in [-0.05, 0) is 54.3 Å². The molecule has 28 heavy (non-hydrogen) atoms. The molecule has 146 valence electrons. The molecule has 0 aromatic heterocycles. The first-order valence-corrected chi connectivity index (χ1v) is 9.56. The molecule has 0 spiro atoms. The van der Waals surface area contributed by atoms with Gasteiger partial charge in [-0.3, -0.25) is 4.79 Å². The molecule has 6 heteroatoms. The number of hydrogen-bond acceptors (Lipinski definition) is 2. The van der Waals surface area contributed by atoms with E-state index < -0.39 is 0 Å². The Balaban J connectivity index is 1.68. The standard InChI is InChI=1S/C22H24ClN3O2/c1-15-7-8-19(14-20(15)21(27)25(2)3)24-22(28)26-11-9-16(10-12-26)17-5-4-6-18(23)13-17/h4-9,13-14H,10-12H2,1-3H3,(H,24,28). The summed E-state index contributed by atoms with van der Waals surface area (Å²) in [5.41, 5.74) is 4.37. The molecule has 0 saturated heterocycles. The number of carbonyl (C=O) groups is 2. The molecular formula is C22H24ClN3O2. The number of halogens is 1. The third-order valence-electron chi connectivity index (χ3n) is 4.82. The van der Waals surface area contributed by atoms with Gasteiger partial charge in [0.1, 0.15) is 0 Å². The molecule has 1 heterocycles. The maximum absolute atomic E-state index is 12.6. The van der Waals surface area contributed by atoms with E-state index >= 15 is 0 Å². The van der Waals surface area contributed by atoms with Crippen molar-refractivity contribution in [3.63, 3.8) is 0 Å². The Morgan fingerprint density at radius 2 is 1.93 bits per heavy atom. The predicted octanol–water partition coefficient (Wildman–Crippen LogP) is 4.67. The third-order valence-corrected chi connectivity index (χ3v) is 5.05. The fourth-order valence-electron chi connectivity index (χ4n) is 3.18. The van der Waals surface area contributed by atoms with Gasteiger partial charge in [0.2, 0.25) is 0 Å². The summed E-state index contributed by atoms with van der Waals surface area (Å²) in [6, 6.07) is 13.0. The lowest BCUT2D eigenvalue weighted by atomic mass is 10.00. The van der Waals surface area contributed by atoms with Crippen LogP contribution in [-0.2, 0) is 0 Å². The molecule has 3 amide bonds. The lowest BCUT2D eigenvalue weighted by Crippen LogP contribution is -2.38. The van der Waals surface area contributed by atoms with Gasteiger partial charge in [0.05, 0.1) is 0 Å². The summed E-state index contributed by atoms with van der Waals surface area (Å²) in [5.74, 6) is -0.0827. The Kier molecular flexibility index (Phi) is 6.05. The molecule has 2 aromatic carbocycles. The van der Waals surface area contributed by atoms with Crippen LogP contribution in [-0.4, -0.2) is 48.9 Å². The zero-order chi connectivity index (χ0) is 20.3. The van der Waals surface area contributed by atoms with Crippen molar-refractivity contribution in [2.24, 2.45) is 0 Å². The monoisotopic (exact) mass is 397 g/mol. The van der Waals surface area contributed by atoms with Gasteiger partial charge in [-0.1, -0.05) is 35.9 Å². The fourth-order valence-corrected chi connectivity index (χ4v) is 3.37. The van der Waals surface area contributed by atoms with Gasteiger partial charge in [0.25, 0.3) is 5.91 Å². The van der Waals surface area contributed by atoms with E-state index in [1.54, 1.807) is 25.1 Å². The minimum absolute atomic E-state index is 0.0827. The summed E-state index contributed by atoms with van der Waals surface area (Å²) < 4.78 is 0. The maximum Gasteiger partial charge on any atom is 0.322 e. The van der Waals surface area contributed by atoms with Crippen LogP contribution in [0.15, 0.2) is 48.5 Å². The number of carbonyl (C=O) groups excluding carboxylic acids is 2. The Hall–Kier alpha value is -2.79. The zero-order valence-corrected chi connectivity index (χ0v) is 17.1. The van der Waals surface area contributed by atoms with Gasteiger partial charge in [0.15, 0.2) is 0 Å². The fraction of sp³-hybridized carbons (Fsp3) is 0.273. The number of benzene rings is 2. The summed E-state index contributed by atoms with van der Waals surface area (Å²) in [4.78, 5) is 28.2. The van der Waals surface area contributed by atoms with E-state index in [0.717, 1.165) is 17.5 Å². The Morgan fingerprint density at radius 3 is 2.57 bits per heavy atom. The van der Waals surface area contributed by atoms with Crippen LogP contribution < -0.4 is 5.32 Å². The molecule has 0 aliphatic carbocycles. The van der Waals surface area contributed by atoms with Gasteiger partial charge in [-0.2, -0.15) is 0 Å². The van der Waals surface area contributed by atoms with E-state index in [1.807, 2.05) is 43.3 Å². The number of nitrogens with zero attached hydrogens (tertiary/aromatic N) is 2. The predicted molar refractivity (Wildman–Crippen MR) is 114 cm³/mol. The first kappa shape index (κ1) is 20.0. The van der Waals surface area contributed by atoms with E-state index in [9.17, 15) is 9.59 Å². The van der Waals surface area contributed by atoms with E-state index in [4.69, 9.17) is 11.6 Å². The summed E-state index contributed by atoms with van der Waals surface area (Å²) in [6.45, 7) is 3.04. The van der Waals surface area contributed by atoms with Gasteiger partial charge in [-0.25, -0.2) is 4.79 Å². The number of anilines is 1. The quantitative estimate of drug-likeness (QED) is 0.818. The van der Waals surface area contributed by atoms with Crippen LogP contribution in [0.3, 0.4) is 0 Å². The van der Waals surface area contributed by atoms with Crippen LogP contribution in [0.4, 0.5) is 10.5 Å². The van der Waals surface area contributed by atoms with Gasteiger partial charge in [-0.15, -0.1) is 0 Å². The van der Waals surface area contributed by atoms with Gasteiger partial charge < -0.3 is 15.1 Å². The van der Waals surface area contributed by atoms with Crippen LogP contribution in [0.5, 0.6) is 0 Å². The number of aryl methyl sites for hydroxylation is 1. The first-order chi connectivity index (χ1) is 13.3. The molecule has 1 N–H and O–H groups in total. The second-order valence-electron chi connectivity index (χ2n) is 7.10. The highest BCUT2D eigenvalue weighted by Gasteiger charge is 2.19. The minimum Gasteiger partial charge on any atom is -0.345 e. The van der Waals surface area contributed by atoms with Gasteiger partial charge >= 0.3 is 6.03 Å². The summed E-state index contributed by atoms with van der Waals surface area (Å²) in [5, 5.41) is 3.61. The van der Waals surface area contributed by atoms with E-state index in [0.29, 0.717) is 29.4 Å². The molecule has 5 nitrogen and oxygen atoms in total. The van der Waals surface area contributed by atoms with Crippen molar-refractivity contribution in [2.75, 3.05) is 32.5 Å². The van der Waals surface area contributed by atoms with Crippen molar-refractivity contribution in [1.82, 2.24) is 9.80 Å². The molecule has 0 bridgehead atoms. The molecule has 0 unspecified atom stereocenters. The maximum atomic E-state index is 12.6. The lowest BCUT2D eigenvalue weighted by molar-refractivity contribution is 0.0827. The average Bonchev–Trinajstić information content (AvgIpc) is 2.69. The Bertz CT molecular complexity index is 937. The van der Waals surface area contributed by atoms with E-state index in [1.165, 1.54) is 10.5 Å². The summed E-state index contributed by atoms with van der Waals surface area (Å²) in [7, 11) is 3.43. The Labute approximate surface area is 170 Å². The van der Waals surface area contributed by atoms with Crippen LogP contribution in [0.1, 0.15) is 27.9 Å². The minimum atomic E-state index is -0.173. The van der Waals surface area contributed by atoms with Gasteiger partial charge in [0, 0.05) is 43.5 Å². The summed E-state index contributed by atoms with van der Waals surface area (Å²) in [6.07, 6.45) is 2.83.